The van der Waals surface area contributed by atoms with E-state index in [0.717, 1.165) is 61.9 Å². The van der Waals surface area contributed by atoms with Crippen LogP contribution in [0.25, 0.3) is 20.8 Å². The molecule has 0 spiro atoms. The Morgan fingerprint density at radius 2 is 1.63 bits per heavy atom. The Labute approximate surface area is 213 Å². The zero-order valence-corrected chi connectivity index (χ0v) is 22.2. The van der Waals surface area contributed by atoms with Gasteiger partial charge >= 0.3 is 0 Å². The number of hydrogen-bond acceptors (Lipinski definition) is 6. The fourth-order valence-corrected chi connectivity index (χ4v) is 8.05. The topological polar surface area (TPSA) is 79.4 Å². The van der Waals surface area contributed by atoms with Crippen LogP contribution in [0.2, 0.25) is 0 Å². The predicted molar refractivity (Wildman–Crippen MR) is 144 cm³/mol. The maximum absolute atomic E-state index is 13.1. The van der Waals surface area contributed by atoms with Crippen LogP contribution in [0.3, 0.4) is 0 Å². The molecule has 0 saturated carbocycles. The van der Waals surface area contributed by atoms with Gasteiger partial charge in [0.1, 0.15) is 10.0 Å². The highest BCUT2D eigenvalue weighted by Crippen LogP contribution is 2.43. The third kappa shape index (κ3) is 4.78. The SMILES string of the molecule is Cc1sc(NC(=O)c2ccc(S(=O)(=O)N3CCCCCC3)cc2)c(-c2nc3ccccc3s2)c1C. The first-order valence-corrected chi connectivity index (χ1v) is 14.8. The van der Waals surface area contributed by atoms with Gasteiger partial charge in [0.2, 0.25) is 10.0 Å². The highest BCUT2D eigenvalue weighted by atomic mass is 32.2. The van der Waals surface area contributed by atoms with Crippen molar-refractivity contribution in [2.24, 2.45) is 0 Å². The lowest BCUT2D eigenvalue weighted by Crippen LogP contribution is -2.31. The van der Waals surface area contributed by atoms with Crippen molar-refractivity contribution >= 4 is 53.8 Å². The van der Waals surface area contributed by atoms with Crippen LogP contribution in [0.15, 0.2) is 53.4 Å². The minimum atomic E-state index is -3.55. The Balaban J connectivity index is 1.39. The maximum atomic E-state index is 13.1. The van der Waals surface area contributed by atoms with Gasteiger partial charge in [0.25, 0.3) is 5.91 Å². The number of rotatable bonds is 5. The van der Waals surface area contributed by atoms with Crippen LogP contribution in [-0.2, 0) is 10.0 Å². The molecule has 0 unspecified atom stereocenters. The van der Waals surface area contributed by atoms with E-state index in [0.29, 0.717) is 18.7 Å². The van der Waals surface area contributed by atoms with E-state index in [-0.39, 0.29) is 10.8 Å². The lowest BCUT2D eigenvalue weighted by molar-refractivity contribution is 0.102. The van der Waals surface area contributed by atoms with Gasteiger partial charge in [-0.1, -0.05) is 25.0 Å². The van der Waals surface area contributed by atoms with Gasteiger partial charge in [-0.2, -0.15) is 4.31 Å². The van der Waals surface area contributed by atoms with Gasteiger partial charge in [0.05, 0.1) is 15.1 Å². The summed E-state index contributed by atoms with van der Waals surface area (Å²) in [6, 6.07) is 14.2. The zero-order valence-electron chi connectivity index (χ0n) is 19.7. The highest BCUT2D eigenvalue weighted by Gasteiger charge is 2.26. The molecule has 1 fully saturated rings. The first kappa shape index (κ1) is 24.1. The van der Waals surface area contributed by atoms with Gasteiger partial charge in [0, 0.05) is 29.1 Å². The second kappa shape index (κ2) is 9.81. The van der Waals surface area contributed by atoms with E-state index < -0.39 is 10.0 Å². The maximum Gasteiger partial charge on any atom is 0.256 e. The molecule has 2 aromatic heterocycles. The lowest BCUT2D eigenvalue weighted by Gasteiger charge is -2.20. The van der Waals surface area contributed by atoms with Crippen molar-refractivity contribution in [3.8, 4) is 10.6 Å². The molecule has 0 radical (unpaired) electrons. The summed E-state index contributed by atoms with van der Waals surface area (Å²) in [4.78, 5) is 19.3. The van der Waals surface area contributed by atoms with Crippen molar-refractivity contribution < 1.29 is 13.2 Å². The summed E-state index contributed by atoms with van der Waals surface area (Å²) in [5.41, 5.74) is 3.40. The summed E-state index contributed by atoms with van der Waals surface area (Å²) in [6.07, 6.45) is 3.89. The highest BCUT2D eigenvalue weighted by molar-refractivity contribution is 7.89. The summed E-state index contributed by atoms with van der Waals surface area (Å²) < 4.78 is 28.8. The van der Waals surface area contributed by atoms with E-state index >= 15 is 0 Å². The van der Waals surface area contributed by atoms with Crippen LogP contribution in [-0.4, -0.2) is 36.7 Å². The number of nitrogens with zero attached hydrogens (tertiary/aromatic N) is 2. The van der Waals surface area contributed by atoms with E-state index in [9.17, 15) is 13.2 Å². The molecule has 182 valence electrons. The number of carbonyl (C=O) groups excluding carboxylic acids is 1. The summed E-state index contributed by atoms with van der Waals surface area (Å²) in [6.45, 7) is 5.19. The molecule has 1 saturated heterocycles. The Hall–Kier alpha value is -2.59. The molecule has 0 aliphatic carbocycles. The Kier molecular flexibility index (Phi) is 6.76. The fraction of sp³-hybridized carbons (Fsp3) is 0.308. The van der Waals surface area contributed by atoms with Gasteiger partial charge in [-0.25, -0.2) is 13.4 Å². The van der Waals surface area contributed by atoms with E-state index in [1.807, 2.05) is 38.1 Å². The number of benzene rings is 2. The first-order valence-electron chi connectivity index (χ1n) is 11.7. The van der Waals surface area contributed by atoms with Crippen molar-refractivity contribution in [2.75, 3.05) is 18.4 Å². The summed E-state index contributed by atoms with van der Waals surface area (Å²) >= 11 is 3.14. The molecule has 1 aliphatic rings. The number of sulfonamides is 1. The number of fused-ring (bicyclic) bond motifs is 1. The van der Waals surface area contributed by atoms with Gasteiger partial charge in [-0.3, -0.25) is 4.79 Å². The quantitative estimate of drug-likeness (QED) is 0.324. The summed E-state index contributed by atoms with van der Waals surface area (Å²) in [5, 5.41) is 4.68. The number of aryl methyl sites for hydroxylation is 1. The number of nitrogens with one attached hydrogen (secondary N) is 1. The average Bonchev–Trinajstić information content (AvgIpc) is 3.24. The largest absolute Gasteiger partial charge is 0.313 e. The van der Waals surface area contributed by atoms with E-state index in [1.165, 1.54) is 23.5 Å². The van der Waals surface area contributed by atoms with Crippen LogP contribution in [0, 0.1) is 13.8 Å². The molecule has 5 rings (SSSR count). The third-order valence-electron chi connectivity index (χ3n) is 6.44. The molecule has 2 aromatic carbocycles. The van der Waals surface area contributed by atoms with Crippen molar-refractivity contribution in [3.63, 3.8) is 0 Å². The Bertz CT molecular complexity index is 1450. The summed E-state index contributed by atoms with van der Waals surface area (Å²) in [5.74, 6) is -0.271. The summed E-state index contributed by atoms with van der Waals surface area (Å²) in [7, 11) is -3.55. The number of anilines is 1. The molecule has 0 atom stereocenters. The monoisotopic (exact) mass is 525 g/mol. The number of aromatic nitrogens is 1. The molecule has 0 bridgehead atoms. The predicted octanol–water partition coefficient (Wildman–Crippen LogP) is 6.46. The van der Waals surface area contributed by atoms with Gasteiger partial charge < -0.3 is 5.32 Å². The second-order valence-electron chi connectivity index (χ2n) is 8.77. The normalized spacial score (nSPS) is 15.3. The zero-order chi connectivity index (χ0) is 24.6. The molecule has 4 aromatic rings. The molecule has 9 heteroatoms. The van der Waals surface area contributed by atoms with Crippen molar-refractivity contribution in [1.82, 2.24) is 9.29 Å². The van der Waals surface area contributed by atoms with Crippen LogP contribution in [0.5, 0.6) is 0 Å². The third-order valence-corrected chi connectivity index (χ3v) is 10.5. The number of thiophene rings is 1. The van der Waals surface area contributed by atoms with Crippen LogP contribution < -0.4 is 5.32 Å². The molecule has 3 heterocycles. The molecule has 1 amide bonds. The molecule has 6 nitrogen and oxygen atoms in total. The molecule has 35 heavy (non-hydrogen) atoms. The van der Waals surface area contributed by atoms with Crippen molar-refractivity contribution in [3.05, 3.63) is 64.5 Å². The number of hydrogen-bond donors (Lipinski definition) is 1. The lowest BCUT2D eigenvalue weighted by atomic mass is 10.1. The molecule has 1 N–H and O–H groups in total. The number of amides is 1. The van der Waals surface area contributed by atoms with E-state index in [2.05, 4.69) is 5.32 Å². The minimum Gasteiger partial charge on any atom is -0.313 e. The number of thiazole rings is 1. The Morgan fingerprint density at radius 3 is 2.31 bits per heavy atom. The Morgan fingerprint density at radius 1 is 0.943 bits per heavy atom. The van der Waals surface area contributed by atoms with Crippen LogP contribution in [0.4, 0.5) is 5.00 Å². The van der Waals surface area contributed by atoms with E-state index in [4.69, 9.17) is 4.98 Å². The standard InChI is InChI=1S/C26H27N3O3S3/c1-17-18(2)33-26(23(17)25-27-21-9-5-6-10-22(21)34-25)28-24(30)19-11-13-20(14-12-19)35(31,32)29-15-7-3-4-8-16-29/h5-6,9-14H,3-4,7-8,15-16H2,1-2H3,(H,28,30). The molecular weight excluding hydrogens is 499 g/mol. The van der Waals surface area contributed by atoms with Gasteiger partial charge in [-0.05, 0) is 68.7 Å². The first-order chi connectivity index (χ1) is 16.8. The fourth-order valence-electron chi connectivity index (χ4n) is 4.34. The minimum absolute atomic E-state index is 0.230. The van der Waals surface area contributed by atoms with Crippen LogP contribution >= 0.6 is 22.7 Å². The van der Waals surface area contributed by atoms with Crippen LogP contribution in [0.1, 0.15) is 46.5 Å². The van der Waals surface area contributed by atoms with Gasteiger partial charge in [-0.15, -0.1) is 22.7 Å². The molecular formula is C26H27N3O3S3. The van der Waals surface area contributed by atoms with E-state index in [1.54, 1.807) is 27.8 Å². The average molecular weight is 526 g/mol. The number of carbonyl (C=O) groups is 1. The smallest absolute Gasteiger partial charge is 0.256 e. The van der Waals surface area contributed by atoms with Gasteiger partial charge in [0.15, 0.2) is 0 Å². The van der Waals surface area contributed by atoms with Crippen molar-refractivity contribution in [1.29, 1.82) is 0 Å². The number of para-hydroxylation sites is 1. The van der Waals surface area contributed by atoms with Crippen molar-refractivity contribution in [2.45, 2.75) is 44.4 Å². The molecule has 1 aliphatic heterocycles. The second-order valence-corrected chi connectivity index (χ2v) is 13.0.